The Kier molecular flexibility index (Phi) is 9.31. The molecular weight excluding hydrogens is 418 g/mol. The van der Waals surface area contributed by atoms with Crippen molar-refractivity contribution in [1.82, 2.24) is 4.90 Å². The summed E-state index contributed by atoms with van der Waals surface area (Å²) < 4.78 is 5.91. The van der Waals surface area contributed by atoms with Crippen LogP contribution in [0.2, 0.25) is 0 Å². The molecule has 152 valence electrons. The number of urea groups is 1. The number of nitrogens with zero attached hydrogens (tertiary/aromatic N) is 1. The average Bonchev–Trinajstić information content (AvgIpc) is 2.95. The summed E-state index contributed by atoms with van der Waals surface area (Å²) in [5.74, 6) is 0.635. The molecule has 3 rings (SSSR count). The summed E-state index contributed by atoms with van der Waals surface area (Å²) in [6, 6.07) is 15.3. The van der Waals surface area contributed by atoms with E-state index in [1.165, 1.54) is 44.3 Å². The molecule has 0 radical (unpaired) electrons. The summed E-state index contributed by atoms with van der Waals surface area (Å²) in [4.78, 5) is 13.9. The third-order valence-corrected chi connectivity index (χ3v) is 4.95. The van der Waals surface area contributed by atoms with Crippen LogP contribution >= 0.6 is 17.0 Å². The Morgan fingerprint density at radius 1 is 1.00 bits per heavy atom. The van der Waals surface area contributed by atoms with E-state index in [1.807, 2.05) is 42.5 Å². The van der Waals surface area contributed by atoms with Crippen molar-refractivity contribution in [3.8, 4) is 5.75 Å². The number of likely N-dealkylation sites (tertiary alicyclic amines) is 1. The number of ether oxygens (including phenoxy) is 1. The van der Waals surface area contributed by atoms with Gasteiger partial charge < -0.3 is 20.7 Å². The quantitative estimate of drug-likeness (QED) is 0.642. The highest BCUT2D eigenvalue weighted by Gasteiger charge is 2.11. The summed E-state index contributed by atoms with van der Waals surface area (Å²) in [7, 11) is 0. The normalized spacial score (nSPS) is 14.6. The van der Waals surface area contributed by atoms with Gasteiger partial charge in [-0.15, -0.1) is 17.0 Å². The second-order valence-corrected chi connectivity index (χ2v) is 7.10. The van der Waals surface area contributed by atoms with E-state index in [9.17, 15) is 4.79 Å². The van der Waals surface area contributed by atoms with E-state index in [4.69, 9.17) is 10.5 Å². The molecular formula is C22H30BrN3O2. The third-order valence-electron chi connectivity index (χ3n) is 4.95. The number of halogens is 1. The molecule has 5 nitrogen and oxygen atoms in total. The van der Waals surface area contributed by atoms with Gasteiger partial charge in [0.05, 0.1) is 5.69 Å². The zero-order chi connectivity index (χ0) is 18.9. The van der Waals surface area contributed by atoms with Gasteiger partial charge in [0.15, 0.2) is 0 Å². The molecule has 0 saturated carbocycles. The molecule has 2 amide bonds. The Hall–Kier alpha value is -2.05. The first-order chi connectivity index (χ1) is 13.2. The Balaban J connectivity index is 0.00000280. The number of rotatable bonds is 7. The summed E-state index contributed by atoms with van der Waals surface area (Å²) in [6.45, 7) is 3.86. The predicted octanol–water partition coefficient (Wildman–Crippen LogP) is 4.75. The van der Waals surface area contributed by atoms with Crippen molar-refractivity contribution in [2.45, 2.75) is 38.7 Å². The van der Waals surface area contributed by atoms with Crippen LogP contribution in [0.15, 0.2) is 48.5 Å². The maximum atomic E-state index is 11.4. The lowest BCUT2D eigenvalue weighted by molar-refractivity contribution is 0.259. The van der Waals surface area contributed by atoms with Crippen molar-refractivity contribution in [3.63, 3.8) is 0 Å². The Labute approximate surface area is 178 Å². The zero-order valence-electron chi connectivity index (χ0n) is 16.2. The van der Waals surface area contributed by atoms with Crippen LogP contribution in [-0.2, 0) is 13.0 Å². The van der Waals surface area contributed by atoms with Crippen LogP contribution in [0.3, 0.4) is 0 Å². The van der Waals surface area contributed by atoms with Gasteiger partial charge in [-0.1, -0.05) is 49.2 Å². The number of amides is 2. The molecule has 0 aliphatic carbocycles. The number of benzene rings is 2. The van der Waals surface area contributed by atoms with Crippen LogP contribution in [0.4, 0.5) is 10.5 Å². The molecule has 1 aliphatic heterocycles. The van der Waals surface area contributed by atoms with Crippen LogP contribution in [0.1, 0.15) is 36.8 Å². The lowest BCUT2D eigenvalue weighted by atomic mass is 10.1. The summed E-state index contributed by atoms with van der Waals surface area (Å²) in [5, 5.41) is 2.70. The molecule has 0 unspecified atom stereocenters. The van der Waals surface area contributed by atoms with Gasteiger partial charge in [-0.25, -0.2) is 4.79 Å². The SMILES string of the molecule is Br.NC(=O)Nc1cc(CCN2CCCCCC2)ccc1OCc1ccccc1. The van der Waals surface area contributed by atoms with E-state index in [2.05, 4.69) is 16.3 Å². The fraction of sp³-hybridized carbons (Fsp3) is 0.409. The second-order valence-electron chi connectivity index (χ2n) is 7.10. The van der Waals surface area contributed by atoms with Gasteiger partial charge in [0.2, 0.25) is 0 Å². The van der Waals surface area contributed by atoms with E-state index in [-0.39, 0.29) is 17.0 Å². The monoisotopic (exact) mass is 447 g/mol. The molecule has 0 aromatic heterocycles. The first kappa shape index (κ1) is 22.2. The van der Waals surface area contributed by atoms with Gasteiger partial charge in [0, 0.05) is 6.54 Å². The predicted molar refractivity (Wildman–Crippen MR) is 119 cm³/mol. The number of nitrogens with one attached hydrogen (secondary N) is 1. The van der Waals surface area contributed by atoms with Crippen molar-refractivity contribution in [1.29, 1.82) is 0 Å². The highest BCUT2D eigenvalue weighted by molar-refractivity contribution is 8.93. The number of primary amides is 1. The molecule has 28 heavy (non-hydrogen) atoms. The highest BCUT2D eigenvalue weighted by atomic mass is 79.9. The van der Waals surface area contributed by atoms with Crippen LogP contribution in [0.25, 0.3) is 0 Å². The highest BCUT2D eigenvalue weighted by Crippen LogP contribution is 2.27. The second kappa shape index (κ2) is 11.7. The van der Waals surface area contributed by atoms with Crippen molar-refractivity contribution >= 4 is 28.7 Å². The van der Waals surface area contributed by atoms with Crippen molar-refractivity contribution in [3.05, 3.63) is 59.7 Å². The van der Waals surface area contributed by atoms with Gasteiger partial charge in [-0.05, 0) is 55.6 Å². The fourth-order valence-corrected chi connectivity index (χ4v) is 3.47. The number of carbonyl (C=O) groups excluding carboxylic acids is 1. The lowest BCUT2D eigenvalue weighted by Crippen LogP contribution is -2.27. The molecule has 1 saturated heterocycles. The molecule has 0 bridgehead atoms. The van der Waals surface area contributed by atoms with Crippen LogP contribution in [0.5, 0.6) is 5.75 Å². The first-order valence-corrected chi connectivity index (χ1v) is 9.79. The maximum Gasteiger partial charge on any atom is 0.316 e. The first-order valence-electron chi connectivity index (χ1n) is 9.79. The molecule has 2 aromatic carbocycles. The number of anilines is 1. The molecule has 1 fully saturated rings. The standard InChI is InChI=1S/C22H29N3O2.BrH/c23-22(26)24-20-16-18(12-15-25-13-6-1-2-7-14-25)10-11-21(20)27-17-19-8-4-3-5-9-19;/h3-5,8-11,16H,1-2,6-7,12-15,17H2,(H3,23,24,26);1H. The van der Waals surface area contributed by atoms with Crippen molar-refractivity contribution in [2.75, 3.05) is 25.0 Å². The van der Waals surface area contributed by atoms with Gasteiger partial charge >= 0.3 is 6.03 Å². The molecule has 1 heterocycles. The largest absolute Gasteiger partial charge is 0.487 e. The van der Waals surface area contributed by atoms with Crippen LogP contribution in [0, 0.1) is 0 Å². The van der Waals surface area contributed by atoms with E-state index < -0.39 is 6.03 Å². The summed E-state index contributed by atoms with van der Waals surface area (Å²) in [6.07, 6.45) is 6.22. The van der Waals surface area contributed by atoms with Gasteiger partial charge in [-0.3, -0.25) is 0 Å². The molecule has 6 heteroatoms. The smallest absolute Gasteiger partial charge is 0.316 e. The molecule has 2 aromatic rings. The van der Waals surface area contributed by atoms with Crippen molar-refractivity contribution in [2.24, 2.45) is 5.73 Å². The molecule has 1 aliphatic rings. The van der Waals surface area contributed by atoms with Gasteiger partial charge in [-0.2, -0.15) is 0 Å². The van der Waals surface area contributed by atoms with E-state index in [0.717, 1.165) is 18.5 Å². The summed E-state index contributed by atoms with van der Waals surface area (Å²) in [5.41, 5.74) is 8.23. The third kappa shape index (κ3) is 7.17. The minimum absolute atomic E-state index is 0. The minimum Gasteiger partial charge on any atom is -0.487 e. The van der Waals surface area contributed by atoms with E-state index in [0.29, 0.717) is 18.0 Å². The lowest BCUT2D eigenvalue weighted by Gasteiger charge is -2.20. The Morgan fingerprint density at radius 2 is 1.71 bits per heavy atom. The zero-order valence-corrected chi connectivity index (χ0v) is 17.9. The van der Waals surface area contributed by atoms with E-state index >= 15 is 0 Å². The average molecular weight is 448 g/mol. The molecule has 3 N–H and O–H groups in total. The maximum absolute atomic E-state index is 11.4. The summed E-state index contributed by atoms with van der Waals surface area (Å²) >= 11 is 0. The topological polar surface area (TPSA) is 67.6 Å². The van der Waals surface area contributed by atoms with E-state index in [1.54, 1.807) is 0 Å². The van der Waals surface area contributed by atoms with Gasteiger partial charge in [0.1, 0.15) is 12.4 Å². The number of hydrogen-bond acceptors (Lipinski definition) is 3. The van der Waals surface area contributed by atoms with Crippen molar-refractivity contribution < 1.29 is 9.53 Å². The van der Waals surface area contributed by atoms with Crippen LogP contribution in [-0.4, -0.2) is 30.6 Å². The fourth-order valence-electron chi connectivity index (χ4n) is 3.47. The number of carbonyl (C=O) groups is 1. The number of hydrogen-bond donors (Lipinski definition) is 2. The number of nitrogens with two attached hydrogens (primary N) is 1. The Bertz CT molecular complexity index is 732. The minimum atomic E-state index is -0.579. The Morgan fingerprint density at radius 3 is 2.39 bits per heavy atom. The van der Waals surface area contributed by atoms with Crippen LogP contribution < -0.4 is 15.8 Å². The molecule has 0 spiro atoms. The molecule has 0 atom stereocenters. The van der Waals surface area contributed by atoms with Gasteiger partial charge in [0.25, 0.3) is 0 Å².